The van der Waals surface area contributed by atoms with E-state index in [0.717, 1.165) is 32.2 Å². The van der Waals surface area contributed by atoms with Crippen LogP contribution in [0.25, 0.3) is 0 Å². The van der Waals surface area contributed by atoms with E-state index in [0.29, 0.717) is 23.8 Å². The van der Waals surface area contributed by atoms with Crippen LogP contribution in [0.15, 0.2) is 66.7 Å². The van der Waals surface area contributed by atoms with E-state index < -0.39 is 29.6 Å². The van der Waals surface area contributed by atoms with Crippen molar-refractivity contribution in [2.75, 3.05) is 25.5 Å². The van der Waals surface area contributed by atoms with Gasteiger partial charge in [0, 0.05) is 36.4 Å². The number of nitrogens with zero attached hydrogens (tertiary/aromatic N) is 2. The Bertz CT molecular complexity index is 1330. The lowest BCUT2D eigenvalue weighted by atomic mass is 9.74. The predicted octanol–water partition coefficient (Wildman–Crippen LogP) is 4.01. The molecule has 2 N–H and O–H groups in total. The monoisotopic (exact) mass is 576 g/mol. The lowest BCUT2D eigenvalue weighted by molar-refractivity contribution is -0.141. The number of carbonyl (C=O) groups is 3. The molecule has 2 aromatic carbocycles. The highest BCUT2D eigenvalue weighted by Gasteiger charge is 2.72. The molecule has 2 saturated heterocycles. The van der Waals surface area contributed by atoms with Crippen molar-refractivity contribution in [1.82, 2.24) is 15.1 Å². The average Bonchev–Trinajstić information content (AvgIpc) is 3.60. The maximum Gasteiger partial charge on any atom is 0.246 e. The highest BCUT2D eigenvalue weighted by molar-refractivity contribution is 6.30. The lowest BCUT2D eigenvalue weighted by Crippen LogP contribution is -2.57. The smallest absolute Gasteiger partial charge is 0.246 e. The molecule has 4 aliphatic rings. The van der Waals surface area contributed by atoms with Gasteiger partial charge in [-0.3, -0.25) is 14.4 Å². The molecule has 2 bridgehead atoms. The van der Waals surface area contributed by atoms with Crippen molar-refractivity contribution in [2.24, 2.45) is 11.8 Å². The fourth-order valence-electron chi connectivity index (χ4n) is 7.08. The predicted molar refractivity (Wildman–Crippen MR) is 157 cm³/mol. The van der Waals surface area contributed by atoms with Crippen molar-refractivity contribution < 1.29 is 19.1 Å². The Balaban J connectivity index is 1.25. The van der Waals surface area contributed by atoms with E-state index >= 15 is 0 Å². The molecule has 1 saturated carbocycles. The number of nitrogens with one attached hydrogen (secondary N) is 2. The topological polar surface area (TPSA) is 91.0 Å². The normalized spacial score (nSPS) is 28.8. The number of ether oxygens (including phenoxy) is 1. The molecule has 9 heteroatoms. The second kappa shape index (κ2) is 11.6. The Hall–Kier alpha value is -3.20. The van der Waals surface area contributed by atoms with Gasteiger partial charge in [0.2, 0.25) is 17.7 Å². The minimum absolute atomic E-state index is 0.0916. The third-order valence-electron chi connectivity index (χ3n) is 8.99. The van der Waals surface area contributed by atoms with Crippen LogP contribution in [0, 0.1) is 11.8 Å². The number of likely N-dealkylation sites (tertiary alicyclic amines) is 1. The minimum Gasteiger partial charge on any atom is -0.359 e. The minimum atomic E-state index is -1.17. The van der Waals surface area contributed by atoms with E-state index in [2.05, 4.69) is 27.7 Å². The summed E-state index contributed by atoms with van der Waals surface area (Å²) in [6.45, 7) is 1.65. The van der Waals surface area contributed by atoms with Crippen LogP contribution >= 0.6 is 11.6 Å². The molecule has 3 amide bonds. The van der Waals surface area contributed by atoms with E-state index in [9.17, 15) is 14.4 Å². The lowest BCUT2D eigenvalue weighted by Gasteiger charge is -2.34. The average molecular weight is 577 g/mol. The molecule has 0 unspecified atom stereocenters. The molecular weight excluding hydrogens is 540 g/mol. The van der Waals surface area contributed by atoms with Gasteiger partial charge < -0.3 is 25.2 Å². The summed E-state index contributed by atoms with van der Waals surface area (Å²) in [6, 6.07) is 16.3. The number of benzene rings is 2. The fraction of sp³-hybridized carbons (Fsp3) is 0.469. The van der Waals surface area contributed by atoms with Gasteiger partial charge in [0.15, 0.2) is 0 Å². The summed E-state index contributed by atoms with van der Waals surface area (Å²) in [5.41, 5.74) is 0.557. The van der Waals surface area contributed by atoms with Gasteiger partial charge in [-0.25, -0.2) is 0 Å². The Morgan fingerprint density at radius 1 is 1.07 bits per heavy atom. The summed E-state index contributed by atoms with van der Waals surface area (Å²) in [6.07, 6.45) is 8.36. The number of hydrogen-bond acceptors (Lipinski definition) is 5. The van der Waals surface area contributed by atoms with Crippen molar-refractivity contribution >= 4 is 35.0 Å². The summed E-state index contributed by atoms with van der Waals surface area (Å²) in [5.74, 6) is -2.24. The quantitative estimate of drug-likeness (QED) is 0.440. The van der Waals surface area contributed by atoms with Crippen molar-refractivity contribution in [1.29, 1.82) is 0 Å². The molecule has 5 atom stereocenters. The first-order valence-corrected chi connectivity index (χ1v) is 15.0. The zero-order chi connectivity index (χ0) is 28.6. The molecule has 2 aromatic rings. The van der Waals surface area contributed by atoms with Gasteiger partial charge in [0.05, 0.1) is 17.9 Å². The van der Waals surface area contributed by atoms with Crippen LogP contribution in [0.4, 0.5) is 5.69 Å². The Morgan fingerprint density at radius 2 is 1.85 bits per heavy atom. The summed E-state index contributed by atoms with van der Waals surface area (Å²) >= 11 is 6.13. The van der Waals surface area contributed by atoms with E-state index in [1.165, 1.54) is 12.0 Å². The fourth-order valence-corrected chi connectivity index (χ4v) is 7.27. The molecular formula is C32H37ClN4O4. The van der Waals surface area contributed by atoms with Crippen LogP contribution < -0.4 is 10.6 Å². The molecule has 3 heterocycles. The van der Waals surface area contributed by atoms with Crippen molar-refractivity contribution in [3.63, 3.8) is 0 Å². The molecule has 0 radical (unpaired) electrons. The van der Waals surface area contributed by atoms with Gasteiger partial charge in [-0.15, -0.1) is 0 Å². The van der Waals surface area contributed by atoms with Gasteiger partial charge >= 0.3 is 0 Å². The first-order valence-electron chi connectivity index (χ1n) is 14.6. The van der Waals surface area contributed by atoms with Gasteiger partial charge in [-0.2, -0.15) is 0 Å². The van der Waals surface area contributed by atoms with Gasteiger partial charge in [-0.1, -0.05) is 79.4 Å². The summed E-state index contributed by atoms with van der Waals surface area (Å²) in [4.78, 5) is 45.6. The molecule has 1 spiro atoms. The third kappa shape index (κ3) is 5.41. The van der Waals surface area contributed by atoms with Crippen LogP contribution in [0.1, 0.15) is 37.7 Å². The third-order valence-corrected chi connectivity index (χ3v) is 9.22. The summed E-state index contributed by atoms with van der Waals surface area (Å²) in [5, 5.41) is 6.67. The highest BCUT2D eigenvalue weighted by Crippen LogP contribution is 2.55. The Morgan fingerprint density at radius 3 is 2.61 bits per heavy atom. The number of fused-ring (bicyclic) bond motifs is 1. The number of likely N-dealkylation sites (N-methyl/N-ethyl adjacent to an activating group) is 1. The number of carbonyl (C=O) groups excluding carboxylic acids is 3. The van der Waals surface area contributed by atoms with E-state index in [1.54, 1.807) is 29.2 Å². The molecule has 6 rings (SSSR count). The molecule has 3 aliphatic heterocycles. The van der Waals surface area contributed by atoms with Gasteiger partial charge in [-0.05, 0) is 43.7 Å². The summed E-state index contributed by atoms with van der Waals surface area (Å²) < 4.78 is 6.47. The Labute approximate surface area is 246 Å². The highest BCUT2D eigenvalue weighted by atomic mass is 35.5. The number of rotatable bonds is 9. The zero-order valence-corrected chi connectivity index (χ0v) is 24.1. The van der Waals surface area contributed by atoms with Crippen LogP contribution in [-0.2, 0) is 25.7 Å². The van der Waals surface area contributed by atoms with Crippen molar-refractivity contribution in [2.45, 2.75) is 62.4 Å². The van der Waals surface area contributed by atoms with Crippen LogP contribution in [0.5, 0.6) is 0 Å². The van der Waals surface area contributed by atoms with Crippen molar-refractivity contribution in [3.05, 3.63) is 77.3 Å². The molecule has 216 valence electrons. The zero-order valence-electron chi connectivity index (χ0n) is 23.3. The summed E-state index contributed by atoms with van der Waals surface area (Å²) in [7, 11) is 2.01. The molecule has 8 nitrogen and oxygen atoms in total. The number of amides is 3. The van der Waals surface area contributed by atoms with Crippen LogP contribution in [0.3, 0.4) is 0 Å². The van der Waals surface area contributed by atoms with Gasteiger partial charge in [0.1, 0.15) is 11.6 Å². The van der Waals surface area contributed by atoms with Crippen molar-refractivity contribution in [3.8, 4) is 0 Å². The van der Waals surface area contributed by atoms with E-state index in [4.69, 9.17) is 16.3 Å². The van der Waals surface area contributed by atoms with Crippen LogP contribution in [0.2, 0.25) is 5.02 Å². The number of anilines is 1. The maximum absolute atomic E-state index is 14.2. The van der Waals surface area contributed by atoms with Crippen LogP contribution in [-0.4, -0.2) is 71.4 Å². The first kappa shape index (κ1) is 27.9. The maximum atomic E-state index is 14.2. The number of halogens is 1. The molecule has 0 aromatic heterocycles. The molecule has 41 heavy (non-hydrogen) atoms. The first-order chi connectivity index (χ1) is 19.9. The second-order valence-electron chi connectivity index (χ2n) is 11.8. The standard InChI is InChI=1S/C32H37ClN4O4/c1-36(20-21-9-4-2-5-10-21)17-18-37-28(30(39)34-23-12-6-3-7-13-23)32-16-15-25(41-32)26(27(32)31(37)40)29(38)35-24-14-8-11-22(33)19-24/h2,4-5,8-11,14-16,19,23,25-28H,3,6-7,12-13,17-18,20H2,1H3,(H,34,39)(H,35,38)/t25-,26+,27-,28-,32+/m1/s1. The second-order valence-corrected chi connectivity index (χ2v) is 12.2. The molecule has 3 fully saturated rings. The largest absolute Gasteiger partial charge is 0.359 e. The van der Waals surface area contributed by atoms with E-state index in [1.807, 2.05) is 37.4 Å². The number of hydrogen-bond donors (Lipinski definition) is 2. The molecule has 1 aliphatic carbocycles. The Kier molecular flexibility index (Phi) is 7.90. The van der Waals surface area contributed by atoms with E-state index in [-0.39, 0.29) is 23.8 Å². The SMILES string of the molecule is CN(CCN1C(=O)[C@H]2[C@@H](C(=O)Nc3cccc(Cl)c3)[C@H]3C=C[C@@]2(O3)[C@H]1C(=O)NC1CCCCC1)Cc1ccccc1. The van der Waals surface area contributed by atoms with Gasteiger partial charge in [0.25, 0.3) is 0 Å².